The van der Waals surface area contributed by atoms with E-state index in [1.165, 1.54) is 42.7 Å². The molecule has 0 saturated carbocycles. The summed E-state index contributed by atoms with van der Waals surface area (Å²) < 4.78 is 41.3. The van der Waals surface area contributed by atoms with Gasteiger partial charge in [0.25, 0.3) is 11.5 Å². The first-order valence-electron chi connectivity index (χ1n) is 9.77. The average molecular weight is 486 g/mol. The van der Waals surface area contributed by atoms with Crippen LogP contribution in [-0.2, 0) is 11.3 Å². The van der Waals surface area contributed by atoms with Crippen LogP contribution in [0.5, 0.6) is 0 Å². The number of carboxylic acid groups (broad SMARTS) is 1. The second-order valence-electron chi connectivity index (χ2n) is 7.00. The van der Waals surface area contributed by atoms with Crippen LogP contribution < -0.4 is 16.2 Å². The lowest BCUT2D eigenvalue weighted by Gasteiger charge is -2.14. The fourth-order valence-corrected chi connectivity index (χ4v) is 2.76. The molecular formula is C22H17F3N6O4. The number of amides is 1. The summed E-state index contributed by atoms with van der Waals surface area (Å²) >= 11 is 0. The molecule has 0 radical (unpaired) electrons. The number of alkyl halides is 3. The van der Waals surface area contributed by atoms with Gasteiger partial charge in [0.15, 0.2) is 0 Å². The Morgan fingerprint density at radius 2 is 1.86 bits per heavy atom. The molecule has 3 rings (SSSR count). The van der Waals surface area contributed by atoms with E-state index in [2.05, 4.69) is 20.6 Å². The fourth-order valence-electron chi connectivity index (χ4n) is 2.76. The van der Waals surface area contributed by atoms with E-state index >= 15 is 0 Å². The molecule has 0 unspecified atom stereocenters. The molecule has 0 aromatic carbocycles. The third-order valence-electron chi connectivity index (χ3n) is 4.40. The quantitative estimate of drug-likeness (QED) is 0.358. The highest BCUT2D eigenvalue weighted by Gasteiger charge is 2.34. The molecule has 3 aromatic heterocycles. The highest BCUT2D eigenvalue weighted by Crippen LogP contribution is 2.27. The predicted molar refractivity (Wildman–Crippen MR) is 119 cm³/mol. The van der Waals surface area contributed by atoms with Crippen molar-refractivity contribution >= 4 is 29.1 Å². The van der Waals surface area contributed by atoms with Crippen molar-refractivity contribution in [3.63, 3.8) is 0 Å². The summed E-state index contributed by atoms with van der Waals surface area (Å²) in [6.45, 7) is -0.630. The number of halogens is 3. The SMILES string of the molecule is N=C(/C=C(\Nc1ccc(NC(=O)c2ccc(=O)n(CC(=O)O)c2)cn1)C(F)(F)F)c1cccnc1. The van der Waals surface area contributed by atoms with Crippen molar-refractivity contribution in [3.05, 3.63) is 94.4 Å². The molecule has 0 aliphatic carbocycles. The number of hydrogen-bond acceptors (Lipinski definition) is 7. The molecule has 0 spiro atoms. The van der Waals surface area contributed by atoms with E-state index in [1.807, 2.05) is 0 Å². The Morgan fingerprint density at radius 3 is 2.46 bits per heavy atom. The highest BCUT2D eigenvalue weighted by molar-refractivity contribution is 6.07. The van der Waals surface area contributed by atoms with Gasteiger partial charge in [-0.15, -0.1) is 0 Å². The Morgan fingerprint density at radius 1 is 1.09 bits per heavy atom. The lowest BCUT2D eigenvalue weighted by Crippen LogP contribution is -2.25. The number of rotatable bonds is 8. The number of carbonyl (C=O) groups is 2. The van der Waals surface area contributed by atoms with Gasteiger partial charge < -0.3 is 25.7 Å². The minimum Gasteiger partial charge on any atom is -0.480 e. The number of carbonyl (C=O) groups excluding carboxylic acids is 1. The Balaban J connectivity index is 1.73. The Labute approximate surface area is 195 Å². The molecule has 0 aliphatic heterocycles. The molecule has 0 saturated heterocycles. The van der Waals surface area contributed by atoms with Gasteiger partial charge in [-0.1, -0.05) is 0 Å². The van der Waals surface area contributed by atoms with E-state index in [-0.39, 0.29) is 22.6 Å². The lowest BCUT2D eigenvalue weighted by atomic mass is 10.1. The van der Waals surface area contributed by atoms with Gasteiger partial charge in [-0.3, -0.25) is 19.4 Å². The van der Waals surface area contributed by atoms with E-state index in [0.29, 0.717) is 6.08 Å². The van der Waals surface area contributed by atoms with Crippen molar-refractivity contribution in [1.82, 2.24) is 14.5 Å². The van der Waals surface area contributed by atoms with Gasteiger partial charge in [-0.05, 0) is 36.4 Å². The Kier molecular flexibility index (Phi) is 7.39. The van der Waals surface area contributed by atoms with E-state index in [1.54, 1.807) is 0 Å². The number of allylic oxidation sites excluding steroid dienone is 2. The second kappa shape index (κ2) is 10.4. The summed E-state index contributed by atoms with van der Waals surface area (Å²) in [6, 6.07) is 7.67. The number of pyridine rings is 3. The summed E-state index contributed by atoms with van der Waals surface area (Å²) in [5, 5.41) is 21.3. The van der Waals surface area contributed by atoms with Crippen LogP contribution in [0.3, 0.4) is 0 Å². The maximum atomic E-state index is 13.5. The van der Waals surface area contributed by atoms with Crippen LogP contribution in [0.2, 0.25) is 0 Å². The van der Waals surface area contributed by atoms with Crippen LogP contribution in [0.15, 0.2) is 77.8 Å². The average Bonchev–Trinajstić information content (AvgIpc) is 2.80. The van der Waals surface area contributed by atoms with Crippen molar-refractivity contribution in [2.75, 3.05) is 10.6 Å². The topological polar surface area (TPSA) is 150 Å². The van der Waals surface area contributed by atoms with Gasteiger partial charge in [-0.2, -0.15) is 13.2 Å². The van der Waals surface area contributed by atoms with Crippen LogP contribution in [0, 0.1) is 5.41 Å². The molecule has 180 valence electrons. The van der Waals surface area contributed by atoms with Crippen LogP contribution in [-0.4, -0.2) is 43.4 Å². The molecule has 1 amide bonds. The number of hydrogen-bond donors (Lipinski definition) is 4. The highest BCUT2D eigenvalue weighted by atomic mass is 19.4. The normalized spacial score (nSPS) is 11.6. The lowest BCUT2D eigenvalue weighted by molar-refractivity contribution is -0.137. The monoisotopic (exact) mass is 486 g/mol. The van der Waals surface area contributed by atoms with Crippen molar-refractivity contribution in [2.24, 2.45) is 0 Å². The molecule has 4 N–H and O–H groups in total. The van der Waals surface area contributed by atoms with Gasteiger partial charge in [-0.25, -0.2) is 4.98 Å². The summed E-state index contributed by atoms with van der Waals surface area (Å²) in [5.41, 5.74) is -1.92. The molecular weight excluding hydrogens is 469 g/mol. The fraction of sp³-hybridized carbons (Fsp3) is 0.0909. The zero-order valence-corrected chi connectivity index (χ0v) is 17.7. The van der Waals surface area contributed by atoms with Gasteiger partial charge in [0, 0.05) is 30.2 Å². The Bertz CT molecular complexity index is 1340. The number of aliphatic carboxylic acids is 1. The van der Waals surface area contributed by atoms with E-state index < -0.39 is 41.6 Å². The molecule has 13 heteroatoms. The summed E-state index contributed by atoms with van der Waals surface area (Å²) in [5.74, 6) is -2.15. The maximum absolute atomic E-state index is 13.5. The Hall–Kier alpha value is -4.81. The zero-order valence-electron chi connectivity index (χ0n) is 17.7. The molecule has 0 fully saturated rings. The molecule has 0 aliphatic rings. The maximum Gasteiger partial charge on any atom is 0.431 e. The molecule has 0 bridgehead atoms. The van der Waals surface area contributed by atoms with Crippen molar-refractivity contribution in [1.29, 1.82) is 5.41 Å². The van der Waals surface area contributed by atoms with E-state index in [9.17, 15) is 27.6 Å². The molecule has 10 nitrogen and oxygen atoms in total. The number of carboxylic acids is 1. The summed E-state index contributed by atoms with van der Waals surface area (Å²) in [4.78, 5) is 42.5. The van der Waals surface area contributed by atoms with Crippen molar-refractivity contribution < 1.29 is 27.9 Å². The van der Waals surface area contributed by atoms with Gasteiger partial charge >= 0.3 is 12.1 Å². The number of nitrogens with one attached hydrogen (secondary N) is 3. The zero-order chi connectivity index (χ0) is 25.6. The first kappa shape index (κ1) is 24.8. The minimum absolute atomic E-state index is 0.00995. The number of anilines is 2. The largest absolute Gasteiger partial charge is 0.480 e. The van der Waals surface area contributed by atoms with E-state index in [4.69, 9.17) is 10.5 Å². The van der Waals surface area contributed by atoms with Crippen molar-refractivity contribution in [3.8, 4) is 0 Å². The van der Waals surface area contributed by atoms with Gasteiger partial charge in [0.2, 0.25) is 0 Å². The molecule has 3 heterocycles. The van der Waals surface area contributed by atoms with Crippen molar-refractivity contribution in [2.45, 2.75) is 12.7 Å². The number of aromatic nitrogens is 3. The third-order valence-corrected chi connectivity index (χ3v) is 4.40. The second-order valence-corrected chi connectivity index (χ2v) is 7.00. The predicted octanol–water partition coefficient (Wildman–Crippen LogP) is 2.90. The van der Waals surface area contributed by atoms with Crippen LogP contribution >= 0.6 is 0 Å². The van der Waals surface area contributed by atoms with Gasteiger partial charge in [0.1, 0.15) is 18.1 Å². The molecule has 35 heavy (non-hydrogen) atoms. The first-order chi connectivity index (χ1) is 16.5. The first-order valence-corrected chi connectivity index (χ1v) is 9.77. The van der Waals surface area contributed by atoms with Gasteiger partial charge in [0.05, 0.1) is 23.2 Å². The van der Waals surface area contributed by atoms with Crippen LogP contribution in [0.4, 0.5) is 24.7 Å². The number of nitrogens with zero attached hydrogens (tertiary/aromatic N) is 3. The molecule has 3 aromatic rings. The standard InChI is InChI=1S/C22H17F3N6O4/c23-22(24,25)17(8-16(26)13-2-1-7-27-9-13)30-18-5-4-15(10-28-18)29-21(35)14-3-6-19(32)31(11-14)12-20(33)34/h1-11,26H,12H2,(H,28,30)(H,29,35)(H,33,34)/b17-8-,26-16?. The van der Waals surface area contributed by atoms with Crippen LogP contribution in [0.25, 0.3) is 0 Å². The minimum atomic E-state index is -4.80. The molecule has 0 atom stereocenters. The van der Waals surface area contributed by atoms with E-state index in [0.717, 1.165) is 23.0 Å². The van der Waals surface area contributed by atoms with Crippen LogP contribution in [0.1, 0.15) is 15.9 Å². The summed E-state index contributed by atoms with van der Waals surface area (Å²) in [7, 11) is 0. The smallest absolute Gasteiger partial charge is 0.431 e. The third kappa shape index (κ3) is 6.83. The summed E-state index contributed by atoms with van der Waals surface area (Å²) in [6.07, 6.45) is 0.680.